The van der Waals surface area contributed by atoms with Gasteiger partial charge in [-0.25, -0.2) is 4.98 Å². The van der Waals surface area contributed by atoms with Crippen LogP contribution in [0.2, 0.25) is 0 Å². The maximum Gasteiger partial charge on any atom is 0.121 e. The molecule has 2 aromatic heterocycles. The van der Waals surface area contributed by atoms with Crippen molar-refractivity contribution >= 4 is 11.0 Å². The van der Waals surface area contributed by atoms with Gasteiger partial charge in [0.25, 0.3) is 0 Å². The van der Waals surface area contributed by atoms with E-state index in [4.69, 9.17) is 0 Å². The number of hydrogen-bond acceptors (Lipinski definition) is 5. The second-order valence-electron chi connectivity index (χ2n) is 6.96. The fourth-order valence-corrected chi connectivity index (χ4v) is 3.48. The summed E-state index contributed by atoms with van der Waals surface area (Å²) in [6, 6.07) is 8.16. The second kappa shape index (κ2) is 6.93. The second-order valence-corrected chi connectivity index (χ2v) is 6.96. The lowest BCUT2D eigenvalue weighted by atomic mass is 9.97. The number of para-hydroxylation sites is 2. The van der Waals surface area contributed by atoms with Crippen LogP contribution in [0.4, 0.5) is 0 Å². The highest BCUT2D eigenvalue weighted by molar-refractivity contribution is 5.74. The van der Waals surface area contributed by atoms with Gasteiger partial charge in [-0.15, -0.1) is 5.10 Å². The molecule has 0 saturated carbocycles. The molecule has 3 heterocycles. The van der Waals surface area contributed by atoms with E-state index in [1.165, 1.54) is 0 Å². The van der Waals surface area contributed by atoms with Gasteiger partial charge in [0.1, 0.15) is 11.5 Å². The summed E-state index contributed by atoms with van der Waals surface area (Å²) in [5.74, 6) is 1.65. The first-order valence-electron chi connectivity index (χ1n) is 8.91. The van der Waals surface area contributed by atoms with Crippen LogP contribution < -0.4 is 0 Å². The molecular formula is C18H24N6O. The van der Waals surface area contributed by atoms with Crippen LogP contribution in [-0.4, -0.2) is 48.1 Å². The Hall–Kier alpha value is -2.25. The third-order valence-corrected chi connectivity index (χ3v) is 4.95. The molecule has 0 spiro atoms. The maximum absolute atomic E-state index is 9.54. The summed E-state index contributed by atoms with van der Waals surface area (Å²) in [7, 11) is 0. The molecule has 132 valence electrons. The molecule has 0 amide bonds. The molecule has 7 heteroatoms. The highest BCUT2D eigenvalue weighted by Gasteiger charge is 2.21. The number of piperidine rings is 1. The molecule has 1 fully saturated rings. The molecule has 1 aliphatic heterocycles. The molecule has 2 N–H and O–H groups in total. The summed E-state index contributed by atoms with van der Waals surface area (Å²) in [5.41, 5.74) is 2.78. The van der Waals surface area contributed by atoms with Gasteiger partial charge in [0, 0.05) is 6.54 Å². The fraction of sp³-hybridized carbons (Fsp3) is 0.500. The minimum absolute atomic E-state index is 0.556. The number of aliphatic hydroxyl groups excluding tert-OH is 1. The van der Waals surface area contributed by atoms with Crippen LogP contribution in [-0.2, 0) is 13.1 Å². The lowest BCUT2D eigenvalue weighted by Gasteiger charge is -2.31. The first-order valence-corrected chi connectivity index (χ1v) is 8.91. The van der Waals surface area contributed by atoms with E-state index in [0.29, 0.717) is 11.6 Å². The molecule has 4 rings (SSSR count). The highest BCUT2D eigenvalue weighted by atomic mass is 16.3. The number of aliphatic hydroxyl groups is 1. The molecule has 0 radical (unpaired) electrons. The van der Waals surface area contributed by atoms with Gasteiger partial charge >= 0.3 is 0 Å². The average Bonchev–Trinajstić information content (AvgIpc) is 3.23. The Kier molecular flexibility index (Phi) is 4.50. The third-order valence-electron chi connectivity index (χ3n) is 4.95. The third kappa shape index (κ3) is 3.72. The smallest absolute Gasteiger partial charge is 0.121 e. The highest BCUT2D eigenvalue weighted by Crippen LogP contribution is 2.21. The van der Waals surface area contributed by atoms with Gasteiger partial charge in [-0.1, -0.05) is 17.3 Å². The number of nitrogens with zero attached hydrogens (tertiary/aromatic N) is 5. The lowest BCUT2D eigenvalue weighted by Crippen LogP contribution is -2.34. The Balaban J connectivity index is 1.30. The van der Waals surface area contributed by atoms with Crippen molar-refractivity contribution in [3.63, 3.8) is 0 Å². The number of nitrogens with one attached hydrogen (secondary N) is 1. The van der Waals surface area contributed by atoms with Gasteiger partial charge in [0.2, 0.25) is 0 Å². The topological polar surface area (TPSA) is 82.9 Å². The minimum atomic E-state index is -0.556. The molecule has 1 unspecified atom stereocenters. The molecule has 25 heavy (non-hydrogen) atoms. The number of aromatic nitrogens is 5. The molecule has 1 saturated heterocycles. The molecule has 7 nitrogen and oxygen atoms in total. The quantitative estimate of drug-likeness (QED) is 0.743. The van der Waals surface area contributed by atoms with Crippen LogP contribution in [0.25, 0.3) is 11.0 Å². The summed E-state index contributed by atoms with van der Waals surface area (Å²) in [5, 5.41) is 17.7. The van der Waals surface area contributed by atoms with Crippen molar-refractivity contribution in [1.82, 2.24) is 29.9 Å². The van der Waals surface area contributed by atoms with Crippen molar-refractivity contribution in [2.75, 3.05) is 13.1 Å². The van der Waals surface area contributed by atoms with E-state index in [2.05, 4.69) is 31.2 Å². The van der Waals surface area contributed by atoms with E-state index >= 15 is 0 Å². The first kappa shape index (κ1) is 16.2. The number of likely N-dealkylation sites (tertiary alicyclic amines) is 1. The number of H-pyrrole nitrogens is 1. The normalized spacial score (nSPS) is 18.0. The van der Waals surface area contributed by atoms with E-state index in [-0.39, 0.29) is 0 Å². The van der Waals surface area contributed by atoms with Gasteiger partial charge in [-0.2, -0.15) is 0 Å². The summed E-state index contributed by atoms with van der Waals surface area (Å²) in [6.07, 6.45) is 3.58. The zero-order valence-electron chi connectivity index (χ0n) is 14.5. The molecule has 1 aromatic carbocycles. The van der Waals surface area contributed by atoms with E-state index in [0.717, 1.165) is 55.9 Å². The monoisotopic (exact) mass is 340 g/mol. The number of rotatable bonds is 5. The predicted octanol–water partition coefficient (Wildman–Crippen LogP) is 2.12. The van der Waals surface area contributed by atoms with Crippen LogP contribution in [0.1, 0.15) is 37.4 Å². The molecule has 0 bridgehead atoms. The van der Waals surface area contributed by atoms with Crippen molar-refractivity contribution in [3.8, 4) is 0 Å². The van der Waals surface area contributed by atoms with Gasteiger partial charge in [-0.05, 0) is 50.9 Å². The van der Waals surface area contributed by atoms with Crippen molar-refractivity contribution in [1.29, 1.82) is 0 Å². The van der Waals surface area contributed by atoms with Gasteiger partial charge < -0.3 is 10.1 Å². The molecule has 0 aliphatic carbocycles. The van der Waals surface area contributed by atoms with Crippen LogP contribution in [0.5, 0.6) is 0 Å². The SMILES string of the molecule is CC(O)c1cn(CC2CCN(Cc3nc4ccccc4[nH]3)CC2)nn1. The number of aromatic amines is 1. The minimum Gasteiger partial charge on any atom is -0.387 e. The summed E-state index contributed by atoms with van der Waals surface area (Å²) in [6.45, 7) is 5.60. The van der Waals surface area contributed by atoms with E-state index in [1.807, 2.05) is 29.1 Å². The Bertz CT molecular complexity index is 798. The van der Waals surface area contributed by atoms with E-state index in [1.54, 1.807) is 6.92 Å². The van der Waals surface area contributed by atoms with Crippen LogP contribution in [0.15, 0.2) is 30.5 Å². The molecule has 1 atom stereocenters. The number of fused-ring (bicyclic) bond motifs is 1. The van der Waals surface area contributed by atoms with Crippen LogP contribution in [0, 0.1) is 5.92 Å². The Morgan fingerprint density at radius 3 is 2.80 bits per heavy atom. The molecule has 1 aliphatic rings. The summed E-state index contributed by atoms with van der Waals surface area (Å²) >= 11 is 0. The fourth-order valence-electron chi connectivity index (χ4n) is 3.48. The van der Waals surface area contributed by atoms with E-state index < -0.39 is 6.10 Å². The Morgan fingerprint density at radius 1 is 1.28 bits per heavy atom. The zero-order valence-corrected chi connectivity index (χ0v) is 14.5. The van der Waals surface area contributed by atoms with Crippen molar-refractivity contribution in [2.24, 2.45) is 5.92 Å². The number of imidazole rings is 1. The van der Waals surface area contributed by atoms with Gasteiger partial charge in [0.15, 0.2) is 0 Å². The zero-order chi connectivity index (χ0) is 17.2. The summed E-state index contributed by atoms with van der Waals surface area (Å²) < 4.78 is 1.86. The Morgan fingerprint density at radius 2 is 2.08 bits per heavy atom. The van der Waals surface area contributed by atoms with Crippen molar-refractivity contribution in [3.05, 3.63) is 42.0 Å². The largest absolute Gasteiger partial charge is 0.387 e. The molecular weight excluding hydrogens is 316 g/mol. The predicted molar refractivity (Wildman–Crippen MR) is 94.8 cm³/mol. The van der Waals surface area contributed by atoms with Crippen LogP contribution in [0.3, 0.4) is 0 Å². The number of hydrogen-bond donors (Lipinski definition) is 2. The van der Waals surface area contributed by atoms with Crippen LogP contribution >= 0.6 is 0 Å². The van der Waals surface area contributed by atoms with E-state index in [9.17, 15) is 5.11 Å². The van der Waals surface area contributed by atoms with Gasteiger partial charge in [-0.3, -0.25) is 9.58 Å². The summed E-state index contributed by atoms with van der Waals surface area (Å²) in [4.78, 5) is 10.5. The Labute approximate surface area is 146 Å². The average molecular weight is 340 g/mol. The first-order chi connectivity index (χ1) is 12.2. The standard InChI is InChI=1S/C18H24N6O/c1-13(25)17-11-24(22-21-17)10-14-6-8-23(9-7-14)12-18-19-15-4-2-3-5-16(15)20-18/h2-5,11,13-14,25H,6-10,12H2,1H3,(H,19,20). The van der Waals surface area contributed by atoms with Gasteiger partial charge in [0.05, 0.1) is 29.9 Å². The lowest BCUT2D eigenvalue weighted by molar-refractivity contribution is 0.161. The molecule has 3 aromatic rings. The number of benzene rings is 1. The maximum atomic E-state index is 9.54. The van der Waals surface area contributed by atoms with Crippen molar-refractivity contribution < 1.29 is 5.11 Å². The van der Waals surface area contributed by atoms with Crippen molar-refractivity contribution in [2.45, 2.75) is 39.0 Å².